The summed E-state index contributed by atoms with van der Waals surface area (Å²) in [6.07, 6.45) is 4.75. The van der Waals surface area contributed by atoms with Gasteiger partial charge in [0, 0.05) is 24.7 Å². The fourth-order valence-corrected chi connectivity index (χ4v) is 2.18. The van der Waals surface area contributed by atoms with Crippen molar-refractivity contribution in [3.8, 4) is 11.4 Å². The Hall–Kier alpha value is -3.69. The first kappa shape index (κ1) is 13.9. The number of nitrogens with one attached hydrogen (secondary N) is 2. The van der Waals surface area contributed by atoms with Crippen LogP contribution < -0.4 is 5.32 Å². The van der Waals surface area contributed by atoms with Gasteiger partial charge in [0.25, 0.3) is 5.91 Å². The fraction of sp³-hybridized carbons (Fsp3) is 0.0714. The van der Waals surface area contributed by atoms with Crippen molar-refractivity contribution in [2.45, 2.75) is 0 Å². The van der Waals surface area contributed by atoms with Crippen molar-refractivity contribution in [2.24, 2.45) is 7.05 Å². The smallest absolute Gasteiger partial charge is 0.278 e. The number of fused-ring (bicyclic) bond motifs is 1. The van der Waals surface area contributed by atoms with E-state index >= 15 is 0 Å². The number of hydrogen-bond donors (Lipinski definition) is 2. The van der Waals surface area contributed by atoms with Gasteiger partial charge in [0.15, 0.2) is 5.69 Å². The van der Waals surface area contributed by atoms with Crippen molar-refractivity contribution < 1.29 is 4.79 Å². The van der Waals surface area contributed by atoms with Gasteiger partial charge < -0.3 is 5.32 Å². The van der Waals surface area contributed by atoms with E-state index in [0.29, 0.717) is 22.7 Å². The van der Waals surface area contributed by atoms with Gasteiger partial charge in [-0.05, 0) is 12.1 Å². The Bertz CT molecular complexity index is 1020. The molecular formula is C14H11N9O. The number of H-pyrrole nitrogens is 1. The van der Waals surface area contributed by atoms with E-state index in [-0.39, 0.29) is 5.69 Å². The summed E-state index contributed by atoms with van der Waals surface area (Å²) in [4.78, 5) is 20.7. The zero-order valence-electron chi connectivity index (χ0n) is 12.5. The van der Waals surface area contributed by atoms with Gasteiger partial charge in [-0.25, -0.2) is 9.97 Å². The van der Waals surface area contributed by atoms with Gasteiger partial charge in [-0.1, -0.05) is 5.21 Å². The lowest BCUT2D eigenvalue weighted by molar-refractivity contribution is 0.102. The van der Waals surface area contributed by atoms with Crippen LogP contribution in [0.1, 0.15) is 10.5 Å². The van der Waals surface area contributed by atoms with E-state index in [4.69, 9.17) is 0 Å². The first-order chi connectivity index (χ1) is 11.7. The Kier molecular flexibility index (Phi) is 3.19. The van der Waals surface area contributed by atoms with Crippen molar-refractivity contribution in [1.82, 2.24) is 40.4 Å². The molecule has 0 fully saturated rings. The predicted octanol–water partition coefficient (Wildman–Crippen LogP) is 0.796. The molecule has 0 radical (unpaired) electrons. The third-order valence-corrected chi connectivity index (χ3v) is 3.33. The lowest BCUT2D eigenvalue weighted by atomic mass is 10.2. The Balaban J connectivity index is 1.67. The van der Waals surface area contributed by atoms with E-state index < -0.39 is 5.91 Å². The summed E-state index contributed by atoms with van der Waals surface area (Å²) in [6, 6.07) is 5.43. The molecule has 4 aromatic rings. The Labute approximate surface area is 134 Å². The molecule has 0 atom stereocenters. The average Bonchev–Trinajstić information content (AvgIpc) is 3.25. The minimum Gasteiger partial charge on any atom is -0.305 e. The van der Waals surface area contributed by atoms with Crippen LogP contribution in [-0.4, -0.2) is 46.3 Å². The topological polar surface area (TPSA) is 127 Å². The van der Waals surface area contributed by atoms with Gasteiger partial charge in [0.2, 0.25) is 0 Å². The van der Waals surface area contributed by atoms with Crippen molar-refractivity contribution in [2.75, 3.05) is 5.32 Å². The molecule has 0 aromatic carbocycles. The second-order valence-corrected chi connectivity index (χ2v) is 5.05. The highest BCUT2D eigenvalue weighted by Crippen LogP contribution is 2.20. The maximum atomic E-state index is 12.0. The molecule has 4 rings (SSSR count). The maximum Gasteiger partial charge on any atom is 0.278 e. The minimum absolute atomic E-state index is 0.179. The number of aromatic nitrogens is 8. The molecule has 4 heterocycles. The lowest BCUT2D eigenvalue weighted by Crippen LogP contribution is -2.13. The summed E-state index contributed by atoms with van der Waals surface area (Å²) < 4.78 is 1.61. The second-order valence-electron chi connectivity index (χ2n) is 5.05. The standard InChI is InChI=1S/C14H11N9O/c1-23-7-12(20-22-23)9-3-2-8-5-15-13(4-10(8)17-9)18-14(24)11-6-16-21-19-11/h2-7H,1H3,(H,15,18,24)(H,16,19,21). The van der Waals surface area contributed by atoms with Crippen LogP contribution in [-0.2, 0) is 7.05 Å². The Morgan fingerprint density at radius 1 is 1.25 bits per heavy atom. The number of aromatic amines is 1. The zero-order chi connectivity index (χ0) is 16.5. The Morgan fingerprint density at radius 3 is 2.92 bits per heavy atom. The van der Waals surface area contributed by atoms with Crippen molar-refractivity contribution in [1.29, 1.82) is 0 Å². The summed E-state index contributed by atoms with van der Waals surface area (Å²) in [5, 5.41) is 21.2. The lowest BCUT2D eigenvalue weighted by Gasteiger charge is -2.04. The van der Waals surface area contributed by atoms with Gasteiger partial charge in [0.1, 0.15) is 11.5 Å². The highest BCUT2D eigenvalue weighted by molar-refractivity contribution is 6.02. The number of nitrogens with zero attached hydrogens (tertiary/aromatic N) is 7. The number of carbonyl (C=O) groups excluding carboxylic acids is 1. The van der Waals surface area contributed by atoms with Crippen LogP contribution in [0.5, 0.6) is 0 Å². The van der Waals surface area contributed by atoms with Crippen LogP contribution in [0, 0.1) is 0 Å². The molecule has 118 valence electrons. The molecule has 1 amide bonds. The predicted molar refractivity (Wildman–Crippen MR) is 83.9 cm³/mol. The van der Waals surface area contributed by atoms with Crippen molar-refractivity contribution >= 4 is 22.6 Å². The largest absolute Gasteiger partial charge is 0.305 e. The molecular weight excluding hydrogens is 310 g/mol. The molecule has 0 aliphatic rings. The molecule has 0 bridgehead atoms. The maximum absolute atomic E-state index is 12.0. The van der Waals surface area contributed by atoms with Gasteiger partial charge >= 0.3 is 0 Å². The van der Waals surface area contributed by atoms with E-state index in [1.807, 2.05) is 12.1 Å². The van der Waals surface area contributed by atoms with Crippen LogP contribution in [0.4, 0.5) is 5.82 Å². The number of hydrogen-bond acceptors (Lipinski definition) is 7. The second kappa shape index (κ2) is 5.50. The van der Waals surface area contributed by atoms with Crippen LogP contribution in [0.15, 0.2) is 36.8 Å². The molecule has 0 saturated heterocycles. The molecule has 0 spiro atoms. The molecule has 10 heteroatoms. The van der Waals surface area contributed by atoms with Gasteiger partial charge in [-0.2, -0.15) is 15.4 Å². The number of pyridine rings is 2. The summed E-state index contributed by atoms with van der Waals surface area (Å²) >= 11 is 0. The van der Waals surface area contributed by atoms with Crippen LogP contribution in [0.25, 0.3) is 22.3 Å². The van der Waals surface area contributed by atoms with E-state index in [0.717, 1.165) is 5.39 Å². The van der Waals surface area contributed by atoms with Crippen LogP contribution >= 0.6 is 0 Å². The first-order valence-corrected chi connectivity index (χ1v) is 7.00. The molecule has 4 aromatic heterocycles. The van der Waals surface area contributed by atoms with E-state index in [1.165, 1.54) is 6.20 Å². The number of aryl methyl sites for hydroxylation is 1. The molecule has 10 nitrogen and oxygen atoms in total. The molecule has 0 unspecified atom stereocenters. The van der Waals surface area contributed by atoms with Crippen LogP contribution in [0.2, 0.25) is 0 Å². The molecule has 0 saturated carbocycles. The zero-order valence-corrected chi connectivity index (χ0v) is 12.5. The quantitative estimate of drug-likeness (QED) is 0.571. The molecule has 0 aliphatic carbocycles. The normalized spacial score (nSPS) is 10.9. The van der Waals surface area contributed by atoms with E-state index in [9.17, 15) is 4.79 Å². The van der Waals surface area contributed by atoms with Crippen molar-refractivity contribution in [3.05, 3.63) is 42.5 Å². The van der Waals surface area contributed by atoms with Gasteiger partial charge in [-0.3, -0.25) is 9.48 Å². The Morgan fingerprint density at radius 2 is 2.17 bits per heavy atom. The van der Waals surface area contributed by atoms with E-state index in [2.05, 4.69) is 41.0 Å². The highest BCUT2D eigenvalue weighted by Gasteiger charge is 2.11. The summed E-state index contributed by atoms with van der Waals surface area (Å²) in [5.41, 5.74) is 2.22. The number of rotatable bonds is 3. The van der Waals surface area contributed by atoms with Gasteiger partial charge in [-0.15, -0.1) is 5.10 Å². The van der Waals surface area contributed by atoms with Crippen LogP contribution in [0.3, 0.4) is 0 Å². The van der Waals surface area contributed by atoms with Crippen molar-refractivity contribution in [3.63, 3.8) is 0 Å². The first-order valence-electron chi connectivity index (χ1n) is 7.00. The fourth-order valence-electron chi connectivity index (χ4n) is 2.18. The number of amides is 1. The molecule has 2 N–H and O–H groups in total. The highest BCUT2D eigenvalue weighted by atomic mass is 16.2. The molecule has 0 aliphatic heterocycles. The number of carbonyl (C=O) groups is 1. The monoisotopic (exact) mass is 321 g/mol. The minimum atomic E-state index is -0.402. The SMILES string of the molecule is Cn1cc(-c2ccc3cnc(NC(=O)c4cn[nH]n4)cc3n2)nn1. The summed E-state index contributed by atoms with van der Waals surface area (Å²) in [6.45, 7) is 0. The summed E-state index contributed by atoms with van der Waals surface area (Å²) in [5.74, 6) is -0.0278. The summed E-state index contributed by atoms with van der Waals surface area (Å²) in [7, 11) is 1.79. The third kappa shape index (κ3) is 2.56. The third-order valence-electron chi connectivity index (χ3n) is 3.33. The van der Waals surface area contributed by atoms with E-state index in [1.54, 1.807) is 30.2 Å². The van der Waals surface area contributed by atoms with Gasteiger partial charge in [0.05, 0.1) is 23.6 Å². The molecule has 24 heavy (non-hydrogen) atoms. The number of anilines is 1. The average molecular weight is 321 g/mol.